The van der Waals surface area contributed by atoms with Gasteiger partial charge < -0.3 is 9.47 Å². The van der Waals surface area contributed by atoms with Gasteiger partial charge in [-0.2, -0.15) is 0 Å². The maximum absolute atomic E-state index is 12.4. The lowest BCUT2D eigenvalue weighted by atomic mass is 10.2. The zero-order valence-electron chi connectivity index (χ0n) is 13.1. The summed E-state index contributed by atoms with van der Waals surface area (Å²) in [5, 5.41) is 11.0. The molecule has 0 atom stereocenters. The van der Waals surface area contributed by atoms with Crippen LogP contribution in [0.2, 0.25) is 0 Å². The van der Waals surface area contributed by atoms with E-state index in [1.807, 2.05) is 0 Å². The molecule has 1 N–H and O–H groups in total. The summed E-state index contributed by atoms with van der Waals surface area (Å²) in [4.78, 5) is 9.88. The van der Waals surface area contributed by atoms with E-state index in [1.165, 1.54) is 32.4 Å². The van der Waals surface area contributed by atoms with E-state index in [2.05, 4.69) is 4.72 Å². The number of rotatable bonds is 7. The second kappa shape index (κ2) is 7.28. The highest BCUT2D eigenvalue weighted by Gasteiger charge is 2.25. The normalized spacial score (nSPS) is 11.1. The SMILES string of the molecule is COc1cccc(OC)c1CNS(=O)(=O)c1ccccc1[N+](=O)[O-]. The molecule has 0 aliphatic rings. The van der Waals surface area contributed by atoms with Crippen LogP contribution in [0.1, 0.15) is 5.56 Å². The molecular weight excluding hydrogens is 336 g/mol. The number of sulfonamides is 1. The summed E-state index contributed by atoms with van der Waals surface area (Å²) >= 11 is 0. The summed E-state index contributed by atoms with van der Waals surface area (Å²) in [6.07, 6.45) is 0. The topological polar surface area (TPSA) is 108 Å². The number of hydrogen-bond donors (Lipinski definition) is 1. The molecule has 0 radical (unpaired) electrons. The molecule has 0 bridgehead atoms. The van der Waals surface area contributed by atoms with Crippen LogP contribution in [0.4, 0.5) is 5.69 Å². The van der Waals surface area contributed by atoms with E-state index in [1.54, 1.807) is 18.2 Å². The first-order chi connectivity index (χ1) is 11.4. The predicted octanol–water partition coefficient (Wildman–Crippen LogP) is 2.09. The molecule has 0 aromatic heterocycles. The smallest absolute Gasteiger partial charge is 0.289 e. The second-order valence-electron chi connectivity index (χ2n) is 4.69. The zero-order valence-corrected chi connectivity index (χ0v) is 13.9. The van der Waals surface area contributed by atoms with Crippen molar-refractivity contribution in [1.29, 1.82) is 0 Å². The van der Waals surface area contributed by atoms with Crippen LogP contribution in [-0.4, -0.2) is 27.6 Å². The molecule has 2 aromatic carbocycles. The van der Waals surface area contributed by atoms with Crippen LogP contribution in [-0.2, 0) is 16.6 Å². The van der Waals surface area contributed by atoms with E-state index >= 15 is 0 Å². The van der Waals surface area contributed by atoms with E-state index < -0.39 is 25.5 Å². The quantitative estimate of drug-likeness (QED) is 0.604. The molecule has 9 heteroatoms. The van der Waals surface area contributed by atoms with Gasteiger partial charge in [-0.25, -0.2) is 13.1 Å². The highest BCUT2D eigenvalue weighted by atomic mass is 32.2. The van der Waals surface area contributed by atoms with Crippen LogP contribution in [0.25, 0.3) is 0 Å². The fraction of sp³-hybridized carbons (Fsp3) is 0.200. The molecule has 0 fully saturated rings. The standard InChI is InChI=1S/C15H16N2O6S/c1-22-13-7-5-8-14(23-2)11(13)10-16-24(20,21)15-9-4-3-6-12(15)17(18)19/h3-9,16H,10H2,1-2H3. The molecule has 0 amide bonds. The average molecular weight is 352 g/mol. The molecule has 0 saturated carbocycles. The number of benzene rings is 2. The Morgan fingerprint density at radius 2 is 1.62 bits per heavy atom. The van der Waals surface area contributed by atoms with Gasteiger partial charge in [-0.1, -0.05) is 18.2 Å². The second-order valence-corrected chi connectivity index (χ2v) is 6.43. The van der Waals surface area contributed by atoms with Crippen LogP contribution >= 0.6 is 0 Å². The lowest BCUT2D eigenvalue weighted by molar-refractivity contribution is -0.387. The number of nitro groups is 1. The van der Waals surface area contributed by atoms with Gasteiger partial charge >= 0.3 is 0 Å². The molecule has 0 aliphatic carbocycles. The average Bonchev–Trinajstić information content (AvgIpc) is 2.59. The lowest BCUT2D eigenvalue weighted by Crippen LogP contribution is -2.24. The van der Waals surface area contributed by atoms with Gasteiger partial charge in [0.05, 0.1) is 24.7 Å². The third-order valence-corrected chi connectivity index (χ3v) is 4.77. The summed E-state index contributed by atoms with van der Waals surface area (Å²) < 4.78 is 37.6. The molecule has 0 unspecified atom stereocenters. The van der Waals surface area contributed by atoms with E-state index in [0.717, 1.165) is 6.07 Å². The summed E-state index contributed by atoms with van der Waals surface area (Å²) in [6.45, 7) is -0.137. The van der Waals surface area contributed by atoms with Crippen molar-refractivity contribution in [1.82, 2.24) is 4.72 Å². The Balaban J connectivity index is 2.34. The summed E-state index contributed by atoms with van der Waals surface area (Å²) in [6, 6.07) is 10.2. The molecule has 0 spiro atoms. The minimum Gasteiger partial charge on any atom is -0.496 e. The summed E-state index contributed by atoms with van der Waals surface area (Å²) in [5.74, 6) is 0.888. The first kappa shape index (κ1) is 17.7. The van der Waals surface area contributed by atoms with Gasteiger partial charge in [0.25, 0.3) is 5.69 Å². The Hall–Kier alpha value is -2.65. The Labute approximate surface area is 139 Å². The zero-order chi connectivity index (χ0) is 17.7. The number of nitrogens with zero attached hydrogens (tertiary/aromatic N) is 1. The van der Waals surface area contributed by atoms with E-state index in [0.29, 0.717) is 17.1 Å². The highest BCUT2D eigenvalue weighted by molar-refractivity contribution is 7.89. The van der Waals surface area contributed by atoms with Gasteiger partial charge in [-0.3, -0.25) is 10.1 Å². The van der Waals surface area contributed by atoms with Crippen LogP contribution in [0.15, 0.2) is 47.4 Å². The molecule has 128 valence electrons. The molecule has 8 nitrogen and oxygen atoms in total. The Bertz CT molecular complexity index is 829. The monoisotopic (exact) mass is 352 g/mol. The maximum atomic E-state index is 12.4. The fourth-order valence-corrected chi connectivity index (χ4v) is 3.35. The van der Waals surface area contributed by atoms with E-state index in [9.17, 15) is 18.5 Å². The fourth-order valence-electron chi connectivity index (χ4n) is 2.18. The first-order valence-electron chi connectivity index (χ1n) is 6.83. The van der Waals surface area contributed by atoms with Crippen LogP contribution < -0.4 is 14.2 Å². The molecule has 0 saturated heterocycles. The molecule has 24 heavy (non-hydrogen) atoms. The van der Waals surface area contributed by atoms with Crippen molar-refractivity contribution in [2.75, 3.05) is 14.2 Å². The molecular formula is C15H16N2O6S. The van der Waals surface area contributed by atoms with Gasteiger partial charge in [0, 0.05) is 12.6 Å². The van der Waals surface area contributed by atoms with Crippen LogP contribution in [0.5, 0.6) is 11.5 Å². The van der Waals surface area contributed by atoms with Crippen molar-refractivity contribution in [3.63, 3.8) is 0 Å². The van der Waals surface area contributed by atoms with Crippen LogP contribution in [0, 0.1) is 10.1 Å². The van der Waals surface area contributed by atoms with Crippen molar-refractivity contribution in [2.45, 2.75) is 11.4 Å². The molecule has 2 rings (SSSR count). The Morgan fingerprint density at radius 3 is 2.17 bits per heavy atom. The summed E-state index contributed by atoms with van der Waals surface area (Å²) in [5.41, 5.74) is 0.00153. The summed E-state index contributed by atoms with van der Waals surface area (Å²) in [7, 11) is -1.18. The van der Waals surface area contributed by atoms with Gasteiger partial charge in [0.15, 0.2) is 4.90 Å². The number of hydrogen-bond acceptors (Lipinski definition) is 6. The minimum atomic E-state index is -4.09. The van der Waals surface area contributed by atoms with Gasteiger partial charge in [-0.05, 0) is 18.2 Å². The molecule has 2 aromatic rings. The lowest BCUT2D eigenvalue weighted by Gasteiger charge is -2.14. The van der Waals surface area contributed by atoms with Crippen molar-refractivity contribution < 1.29 is 22.8 Å². The molecule has 0 heterocycles. The van der Waals surface area contributed by atoms with Crippen molar-refractivity contribution in [3.05, 3.63) is 58.1 Å². The number of para-hydroxylation sites is 1. The van der Waals surface area contributed by atoms with E-state index in [4.69, 9.17) is 9.47 Å². The molecule has 0 aliphatic heterocycles. The van der Waals surface area contributed by atoms with Crippen molar-refractivity contribution >= 4 is 15.7 Å². The Kier molecular flexibility index (Phi) is 5.37. The third kappa shape index (κ3) is 3.63. The predicted molar refractivity (Wildman–Crippen MR) is 86.7 cm³/mol. The van der Waals surface area contributed by atoms with Crippen molar-refractivity contribution in [3.8, 4) is 11.5 Å². The van der Waals surface area contributed by atoms with Crippen molar-refractivity contribution in [2.24, 2.45) is 0 Å². The van der Waals surface area contributed by atoms with Gasteiger partial charge in [0.1, 0.15) is 11.5 Å². The van der Waals surface area contributed by atoms with Gasteiger partial charge in [-0.15, -0.1) is 0 Å². The first-order valence-corrected chi connectivity index (χ1v) is 8.32. The third-order valence-electron chi connectivity index (χ3n) is 3.32. The minimum absolute atomic E-state index is 0.137. The van der Waals surface area contributed by atoms with Crippen LogP contribution in [0.3, 0.4) is 0 Å². The van der Waals surface area contributed by atoms with E-state index in [-0.39, 0.29) is 6.54 Å². The Morgan fingerprint density at radius 1 is 1.04 bits per heavy atom. The van der Waals surface area contributed by atoms with Gasteiger partial charge in [0.2, 0.25) is 10.0 Å². The number of methoxy groups -OCH3 is 2. The number of ether oxygens (including phenoxy) is 2. The highest BCUT2D eigenvalue weighted by Crippen LogP contribution is 2.29. The number of nitro benzene ring substituents is 1. The number of nitrogens with one attached hydrogen (secondary N) is 1. The maximum Gasteiger partial charge on any atom is 0.289 e. The largest absolute Gasteiger partial charge is 0.496 e.